The lowest BCUT2D eigenvalue weighted by Crippen LogP contribution is -2.31. The van der Waals surface area contributed by atoms with Gasteiger partial charge in [-0.1, -0.05) is 97.4 Å². The van der Waals surface area contributed by atoms with Crippen molar-refractivity contribution in [2.45, 2.75) is 81.8 Å². The summed E-state index contributed by atoms with van der Waals surface area (Å²) in [4.78, 5) is 29.1. The van der Waals surface area contributed by atoms with Gasteiger partial charge in [-0.15, -0.1) is 0 Å². The highest BCUT2D eigenvalue weighted by Crippen LogP contribution is 2.40. The summed E-state index contributed by atoms with van der Waals surface area (Å²) in [5.74, 6) is 0.638. The number of carbonyl (C=O) groups excluding carboxylic acids is 2. The summed E-state index contributed by atoms with van der Waals surface area (Å²) in [6.07, 6.45) is 5.45. The number of hydrogen-bond acceptors (Lipinski definition) is 9. The Hall–Kier alpha value is -5.01. The largest absolute Gasteiger partial charge is 0.397 e. The molecule has 0 saturated carbocycles. The summed E-state index contributed by atoms with van der Waals surface area (Å²) >= 11 is 1.56. The molecule has 12 heteroatoms. The van der Waals surface area contributed by atoms with Gasteiger partial charge in [0, 0.05) is 37.1 Å². The predicted octanol–water partition coefficient (Wildman–Crippen LogP) is 7.48. The van der Waals surface area contributed by atoms with Crippen LogP contribution in [0, 0.1) is 0 Å². The van der Waals surface area contributed by atoms with E-state index in [1.165, 1.54) is 6.33 Å². The van der Waals surface area contributed by atoms with Gasteiger partial charge in [0.05, 0.1) is 30.2 Å². The first-order valence-corrected chi connectivity index (χ1v) is 19.0. The molecule has 3 atom stereocenters. The number of unbranched alkanes of at least 4 members (excludes halogenated alkanes) is 3. The fourth-order valence-corrected chi connectivity index (χ4v) is 7.02. The zero-order valence-corrected chi connectivity index (χ0v) is 30.4. The highest BCUT2D eigenvalue weighted by molar-refractivity contribution is 7.99. The number of ether oxygens (including phenoxy) is 2. The number of aromatic amines is 1. The van der Waals surface area contributed by atoms with Crippen LogP contribution in [0.3, 0.4) is 0 Å². The second-order valence-electron chi connectivity index (χ2n) is 13.1. The molecule has 1 aliphatic heterocycles. The number of para-hydroxylation sites is 2. The van der Waals surface area contributed by atoms with Gasteiger partial charge in [0.2, 0.25) is 11.8 Å². The number of aromatic nitrogens is 3. The van der Waals surface area contributed by atoms with Gasteiger partial charge in [-0.2, -0.15) is 5.10 Å². The van der Waals surface area contributed by atoms with Gasteiger partial charge < -0.3 is 30.9 Å². The van der Waals surface area contributed by atoms with Crippen LogP contribution < -0.4 is 16.4 Å². The number of hydrogen-bond donors (Lipinski definition) is 5. The molecule has 276 valence electrons. The lowest BCUT2D eigenvalue weighted by molar-refractivity contribution is -0.245. The minimum absolute atomic E-state index is 0.00863. The molecule has 2 amide bonds. The average molecular weight is 735 g/mol. The maximum absolute atomic E-state index is 12.6. The molecule has 0 spiro atoms. The van der Waals surface area contributed by atoms with Gasteiger partial charge in [-0.25, -0.2) is 4.98 Å². The maximum atomic E-state index is 12.6. The second kappa shape index (κ2) is 19.2. The molecule has 0 aliphatic carbocycles. The molecule has 1 saturated heterocycles. The summed E-state index contributed by atoms with van der Waals surface area (Å²) in [6.45, 7) is 0.427. The van der Waals surface area contributed by atoms with Crippen LogP contribution in [0.2, 0.25) is 0 Å². The first-order valence-electron chi connectivity index (χ1n) is 18.0. The van der Waals surface area contributed by atoms with E-state index in [2.05, 4.69) is 50.1 Å². The second-order valence-corrected chi connectivity index (χ2v) is 14.1. The Labute approximate surface area is 314 Å². The van der Waals surface area contributed by atoms with E-state index in [0.717, 1.165) is 64.2 Å². The van der Waals surface area contributed by atoms with Crippen molar-refractivity contribution < 1.29 is 24.2 Å². The monoisotopic (exact) mass is 734 g/mol. The number of aliphatic hydroxyl groups excluding tert-OH is 1. The number of benzene rings is 4. The maximum Gasteiger partial charge on any atom is 0.224 e. The Balaban J connectivity index is 0.996. The van der Waals surface area contributed by atoms with E-state index in [1.807, 2.05) is 60.7 Å². The van der Waals surface area contributed by atoms with Gasteiger partial charge in [0.15, 0.2) is 11.4 Å². The number of H-pyrrole nitrogens is 1. The lowest BCUT2D eigenvalue weighted by atomic mass is 9.99. The Kier molecular flexibility index (Phi) is 13.7. The summed E-state index contributed by atoms with van der Waals surface area (Å²) in [5.41, 5.74) is 12.9. The number of amides is 2. The lowest BCUT2D eigenvalue weighted by Gasteiger charge is -2.36. The van der Waals surface area contributed by atoms with Gasteiger partial charge in [-0.05, 0) is 64.9 Å². The smallest absolute Gasteiger partial charge is 0.224 e. The number of anilines is 2. The zero-order valence-electron chi connectivity index (χ0n) is 29.6. The first-order chi connectivity index (χ1) is 25.9. The van der Waals surface area contributed by atoms with E-state index in [0.29, 0.717) is 42.9 Å². The van der Waals surface area contributed by atoms with Gasteiger partial charge in [0.25, 0.3) is 0 Å². The van der Waals surface area contributed by atoms with Crippen molar-refractivity contribution in [2.75, 3.05) is 16.8 Å². The summed E-state index contributed by atoms with van der Waals surface area (Å²) in [6, 6.07) is 31.4. The SMILES string of the molecule is Nc1ccccc1NC(=O)CCCCCCC(=O)NCc1cccc(-c2cccc([C@@H]3O[C@H](CSc4ncn[nH]4)C[C@H](c4ccc(CO)cc4)O3)c2)c1. The highest BCUT2D eigenvalue weighted by Gasteiger charge is 2.32. The fourth-order valence-electron chi connectivity index (χ4n) is 6.22. The number of nitrogens with one attached hydrogen (secondary N) is 3. The molecule has 53 heavy (non-hydrogen) atoms. The molecular formula is C41H46N6O5S. The average Bonchev–Trinajstić information content (AvgIpc) is 3.72. The number of nitrogen functional groups attached to an aromatic ring is 1. The third kappa shape index (κ3) is 11.2. The Morgan fingerprint density at radius 2 is 1.58 bits per heavy atom. The summed E-state index contributed by atoms with van der Waals surface area (Å²) in [5, 5.41) is 23.0. The molecule has 6 N–H and O–H groups in total. The number of carbonyl (C=O) groups is 2. The Morgan fingerprint density at radius 1 is 0.830 bits per heavy atom. The third-order valence-electron chi connectivity index (χ3n) is 9.12. The molecule has 5 aromatic rings. The van der Waals surface area contributed by atoms with Crippen LogP contribution in [-0.2, 0) is 32.2 Å². The van der Waals surface area contributed by atoms with Crippen molar-refractivity contribution in [3.8, 4) is 11.1 Å². The van der Waals surface area contributed by atoms with Crippen molar-refractivity contribution in [3.63, 3.8) is 0 Å². The number of aliphatic hydroxyl groups is 1. The first kappa shape index (κ1) is 37.7. The van der Waals surface area contributed by atoms with Crippen LogP contribution in [0.4, 0.5) is 11.4 Å². The quantitative estimate of drug-likeness (QED) is 0.0370. The number of thioether (sulfide) groups is 1. The number of nitrogens with two attached hydrogens (primary N) is 1. The van der Waals surface area contributed by atoms with Crippen molar-refractivity contribution in [2.24, 2.45) is 0 Å². The molecule has 0 unspecified atom stereocenters. The molecule has 1 aliphatic rings. The minimum atomic E-state index is -0.583. The van der Waals surface area contributed by atoms with E-state index in [-0.39, 0.29) is 30.6 Å². The number of nitrogens with zero attached hydrogens (tertiary/aromatic N) is 2. The van der Waals surface area contributed by atoms with Crippen molar-refractivity contribution in [1.29, 1.82) is 0 Å². The molecular weight excluding hydrogens is 689 g/mol. The van der Waals surface area contributed by atoms with Gasteiger partial charge in [0.1, 0.15) is 6.33 Å². The standard InChI is InChI=1S/C41H46N6O5S/c42-35-13-5-6-14-36(35)46-39(50)16-4-2-1-3-15-38(49)43-24-29-9-7-10-31(21-29)32-11-8-12-33(22-32)40-51-34(26-53-41-44-27-45-47-41)23-37(52-40)30-19-17-28(25-48)18-20-30/h5-14,17-22,27,34,37,40,48H,1-4,15-16,23-26,42H2,(H,43,49)(H,46,50)(H,44,45,47)/t34-,37+,40+/m0/s1. The molecule has 4 aromatic carbocycles. The van der Waals surface area contributed by atoms with Gasteiger partial charge in [-0.3, -0.25) is 14.7 Å². The highest BCUT2D eigenvalue weighted by atomic mass is 32.2. The van der Waals surface area contributed by atoms with Crippen LogP contribution in [0.15, 0.2) is 109 Å². The molecule has 1 fully saturated rings. The fraction of sp³-hybridized carbons (Fsp3) is 0.317. The van der Waals surface area contributed by atoms with Crippen LogP contribution in [0.1, 0.15) is 79.6 Å². The van der Waals surface area contributed by atoms with Crippen molar-refractivity contribution in [3.05, 3.63) is 126 Å². The van der Waals surface area contributed by atoms with Crippen LogP contribution in [0.25, 0.3) is 11.1 Å². The Bertz CT molecular complexity index is 1920. The zero-order chi connectivity index (χ0) is 36.8. The molecule has 6 rings (SSSR count). The molecule has 11 nitrogen and oxygen atoms in total. The van der Waals surface area contributed by atoms with E-state index in [1.54, 1.807) is 23.9 Å². The van der Waals surface area contributed by atoms with E-state index in [9.17, 15) is 14.7 Å². The topological polar surface area (TPSA) is 164 Å². The van der Waals surface area contributed by atoms with Crippen LogP contribution in [-0.4, -0.2) is 44.0 Å². The summed E-state index contributed by atoms with van der Waals surface area (Å²) < 4.78 is 13.1. The van der Waals surface area contributed by atoms with Crippen molar-refractivity contribution >= 4 is 35.0 Å². The third-order valence-corrected chi connectivity index (χ3v) is 10.1. The van der Waals surface area contributed by atoms with E-state index >= 15 is 0 Å². The summed E-state index contributed by atoms with van der Waals surface area (Å²) in [7, 11) is 0. The van der Waals surface area contributed by atoms with Crippen molar-refractivity contribution in [1.82, 2.24) is 20.5 Å². The molecule has 0 bridgehead atoms. The van der Waals surface area contributed by atoms with Gasteiger partial charge >= 0.3 is 0 Å². The van der Waals surface area contributed by atoms with E-state index in [4.69, 9.17) is 15.2 Å². The number of rotatable bonds is 17. The normalized spacial score (nSPS) is 17.0. The predicted molar refractivity (Wildman–Crippen MR) is 206 cm³/mol. The molecule has 2 heterocycles. The Morgan fingerprint density at radius 3 is 2.34 bits per heavy atom. The molecule has 0 radical (unpaired) electrons. The van der Waals surface area contributed by atoms with Crippen LogP contribution >= 0.6 is 11.8 Å². The minimum Gasteiger partial charge on any atom is -0.397 e. The van der Waals surface area contributed by atoms with E-state index < -0.39 is 6.29 Å². The molecule has 1 aromatic heterocycles. The van der Waals surface area contributed by atoms with Crippen LogP contribution in [0.5, 0.6) is 0 Å².